The maximum atomic E-state index is 11.9. The standard InChI is InChI=1S/C15H12ClN5O3/c16-13-6-5-12(24-13)15(23)18-7-14(22)20-10-1-3-11(4-2-10)21-9-17-8-19-21/h1-6,8-9H,7H2,(H,18,23)(H,20,22). The Bertz CT molecular complexity index is 842. The van der Waals surface area contributed by atoms with Crippen molar-refractivity contribution in [3.63, 3.8) is 0 Å². The number of amides is 2. The van der Waals surface area contributed by atoms with Crippen LogP contribution in [0.1, 0.15) is 10.6 Å². The normalized spacial score (nSPS) is 10.4. The fraction of sp³-hybridized carbons (Fsp3) is 0.0667. The van der Waals surface area contributed by atoms with Gasteiger partial charge in [0.15, 0.2) is 11.0 Å². The number of hydrogen-bond donors (Lipinski definition) is 2. The Morgan fingerprint density at radius 2 is 1.96 bits per heavy atom. The van der Waals surface area contributed by atoms with Gasteiger partial charge in [0.2, 0.25) is 5.91 Å². The van der Waals surface area contributed by atoms with E-state index >= 15 is 0 Å². The average molecular weight is 346 g/mol. The third kappa shape index (κ3) is 3.79. The number of rotatable bonds is 5. The zero-order valence-corrected chi connectivity index (χ0v) is 13.0. The smallest absolute Gasteiger partial charge is 0.287 e. The zero-order valence-electron chi connectivity index (χ0n) is 12.3. The summed E-state index contributed by atoms with van der Waals surface area (Å²) >= 11 is 5.59. The van der Waals surface area contributed by atoms with Crippen LogP contribution in [0.15, 0.2) is 53.5 Å². The number of aromatic nitrogens is 3. The highest BCUT2D eigenvalue weighted by atomic mass is 35.5. The predicted molar refractivity (Wildman–Crippen MR) is 86.0 cm³/mol. The Balaban J connectivity index is 1.52. The highest BCUT2D eigenvalue weighted by Crippen LogP contribution is 2.13. The number of nitrogens with one attached hydrogen (secondary N) is 2. The second-order valence-electron chi connectivity index (χ2n) is 4.72. The summed E-state index contributed by atoms with van der Waals surface area (Å²) in [5.74, 6) is -0.835. The van der Waals surface area contributed by atoms with Crippen LogP contribution in [0.4, 0.5) is 5.69 Å². The van der Waals surface area contributed by atoms with Gasteiger partial charge >= 0.3 is 0 Å². The van der Waals surface area contributed by atoms with Gasteiger partial charge in [-0.05, 0) is 48.0 Å². The van der Waals surface area contributed by atoms with Crippen LogP contribution in [0.5, 0.6) is 0 Å². The number of carbonyl (C=O) groups excluding carboxylic acids is 2. The molecule has 8 nitrogen and oxygen atoms in total. The monoisotopic (exact) mass is 345 g/mol. The van der Waals surface area contributed by atoms with Gasteiger partial charge in [-0.3, -0.25) is 9.59 Å². The first kappa shape index (κ1) is 15.8. The minimum absolute atomic E-state index is 0.0463. The van der Waals surface area contributed by atoms with E-state index in [1.165, 1.54) is 18.5 Å². The highest BCUT2D eigenvalue weighted by molar-refractivity contribution is 6.29. The van der Waals surface area contributed by atoms with Crippen molar-refractivity contribution in [2.45, 2.75) is 0 Å². The van der Waals surface area contributed by atoms with Crippen LogP contribution in [0.2, 0.25) is 5.22 Å². The molecule has 2 aromatic heterocycles. The number of anilines is 1. The Hall–Kier alpha value is -3.13. The fourth-order valence-corrected chi connectivity index (χ4v) is 2.07. The van der Waals surface area contributed by atoms with Gasteiger partial charge in [-0.2, -0.15) is 5.10 Å². The fourth-order valence-electron chi connectivity index (χ4n) is 1.93. The highest BCUT2D eigenvalue weighted by Gasteiger charge is 2.12. The molecule has 2 N–H and O–H groups in total. The van der Waals surface area contributed by atoms with Gasteiger partial charge in [0.1, 0.15) is 12.7 Å². The van der Waals surface area contributed by atoms with E-state index in [2.05, 4.69) is 20.7 Å². The summed E-state index contributed by atoms with van der Waals surface area (Å²) < 4.78 is 6.55. The van der Waals surface area contributed by atoms with Crippen LogP contribution in [0, 0.1) is 0 Å². The molecule has 0 unspecified atom stereocenters. The lowest BCUT2D eigenvalue weighted by Crippen LogP contribution is -2.32. The molecule has 0 radical (unpaired) electrons. The van der Waals surface area contributed by atoms with E-state index < -0.39 is 5.91 Å². The van der Waals surface area contributed by atoms with Gasteiger partial charge < -0.3 is 15.1 Å². The summed E-state index contributed by atoms with van der Waals surface area (Å²) in [4.78, 5) is 27.5. The maximum absolute atomic E-state index is 11.9. The maximum Gasteiger partial charge on any atom is 0.287 e. The molecule has 3 rings (SSSR count). The van der Waals surface area contributed by atoms with Crippen molar-refractivity contribution in [1.29, 1.82) is 0 Å². The number of benzene rings is 1. The van der Waals surface area contributed by atoms with E-state index in [0.717, 1.165) is 5.69 Å². The number of carbonyl (C=O) groups is 2. The number of nitrogens with zero attached hydrogens (tertiary/aromatic N) is 3. The molecule has 0 bridgehead atoms. The summed E-state index contributed by atoms with van der Waals surface area (Å²) in [5, 5.41) is 9.23. The molecule has 122 valence electrons. The Kier molecular flexibility index (Phi) is 4.57. The predicted octanol–water partition coefficient (Wildman–Crippen LogP) is 1.88. The first-order chi connectivity index (χ1) is 11.6. The Morgan fingerprint density at radius 1 is 1.17 bits per heavy atom. The van der Waals surface area contributed by atoms with Crippen molar-refractivity contribution in [3.8, 4) is 5.69 Å². The molecular formula is C15H12ClN5O3. The molecule has 0 spiro atoms. The second-order valence-corrected chi connectivity index (χ2v) is 5.09. The van der Waals surface area contributed by atoms with E-state index in [4.69, 9.17) is 16.0 Å². The summed E-state index contributed by atoms with van der Waals surface area (Å²) in [7, 11) is 0. The molecule has 0 saturated heterocycles. The summed E-state index contributed by atoms with van der Waals surface area (Å²) in [5.41, 5.74) is 1.41. The number of hydrogen-bond acceptors (Lipinski definition) is 5. The van der Waals surface area contributed by atoms with Crippen LogP contribution in [0.25, 0.3) is 5.69 Å². The SMILES string of the molecule is O=C(CNC(=O)c1ccc(Cl)o1)Nc1ccc(-n2cncn2)cc1. The molecule has 3 aromatic rings. The average Bonchev–Trinajstić information content (AvgIpc) is 3.25. The van der Waals surface area contributed by atoms with Gasteiger partial charge in [-0.25, -0.2) is 9.67 Å². The molecule has 1 aromatic carbocycles. The largest absolute Gasteiger partial charge is 0.440 e. The lowest BCUT2D eigenvalue weighted by atomic mass is 10.3. The van der Waals surface area contributed by atoms with E-state index in [-0.39, 0.29) is 23.4 Å². The first-order valence-corrected chi connectivity index (χ1v) is 7.28. The van der Waals surface area contributed by atoms with Crippen molar-refractivity contribution in [1.82, 2.24) is 20.1 Å². The third-order valence-electron chi connectivity index (χ3n) is 3.04. The van der Waals surface area contributed by atoms with Crippen molar-refractivity contribution in [2.24, 2.45) is 0 Å². The van der Waals surface area contributed by atoms with E-state index in [1.807, 2.05) is 0 Å². The molecular weight excluding hydrogens is 334 g/mol. The van der Waals surface area contributed by atoms with Crippen LogP contribution < -0.4 is 10.6 Å². The molecule has 0 aliphatic rings. The molecule has 24 heavy (non-hydrogen) atoms. The first-order valence-electron chi connectivity index (χ1n) is 6.90. The molecule has 0 aliphatic carbocycles. The Morgan fingerprint density at radius 3 is 2.58 bits per heavy atom. The summed E-state index contributed by atoms with van der Waals surface area (Å²) in [6, 6.07) is 9.90. The third-order valence-corrected chi connectivity index (χ3v) is 3.24. The summed E-state index contributed by atoms with van der Waals surface area (Å²) in [6.45, 7) is -0.192. The molecule has 0 saturated carbocycles. The van der Waals surface area contributed by atoms with Crippen LogP contribution in [-0.4, -0.2) is 33.1 Å². The molecule has 0 atom stereocenters. The quantitative estimate of drug-likeness (QED) is 0.735. The lowest BCUT2D eigenvalue weighted by Gasteiger charge is -2.07. The van der Waals surface area contributed by atoms with Crippen LogP contribution in [0.3, 0.4) is 0 Å². The number of furan rings is 1. The second kappa shape index (κ2) is 6.97. The lowest BCUT2D eigenvalue weighted by molar-refractivity contribution is -0.115. The summed E-state index contributed by atoms with van der Waals surface area (Å²) in [6.07, 6.45) is 3.01. The van der Waals surface area contributed by atoms with Gasteiger partial charge in [-0.1, -0.05) is 0 Å². The van der Waals surface area contributed by atoms with Crippen molar-refractivity contribution in [3.05, 3.63) is 60.0 Å². The topological polar surface area (TPSA) is 102 Å². The van der Waals surface area contributed by atoms with Crippen LogP contribution in [-0.2, 0) is 4.79 Å². The number of halogens is 1. The van der Waals surface area contributed by atoms with Gasteiger partial charge in [-0.15, -0.1) is 0 Å². The van der Waals surface area contributed by atoms with Crippen molar-refractivity contribution < 1.29 is 14.0 Å². The van der Waals surface area contributed by atoms with E-state index in [1.54, 1.807) is 35.3 Å². The molecule has 9 heteroatoms. The zero-order chi connectivity index (χ0) is 16.9. The van der Waals surface area contributed by atoms with E-state index in [9.17, 15) is 9.59 Å². The van der Waals surface area contributed by atoms with Gasteiger partial charge in [0, 0.05) is 5.69 Å². The van der Waals surface area contributed by atoms with Crippen molar-refractivity contribution >= 4 is 29.1 Å². The minimum atomic E-state index is -0.515. The Labute approximate surface area is 141 Å². The van der Waals surface area contributed by atoms with E-state index in [0.29, 0.717) is 5.69 Å². The minimum Gasteiger partial charge on any atom is -0.440 e. The van der Waals surface area contributed by atoms with Crippen molar-refractivity contribution in [2.75, 3.05) is 11.9 Å². The van der Waals surface area contributed by atoms with Gasteiger partial charge in [0.25, 0.3) is 5.91 Å². The molecule has 2 amide bonds. The van der Waals surface area contributed by atoms with Gasteiger partial charge in [0.05, 0.1) is 12.2 Å². The molecule has 0 fully saturated rings. The molecule has 2 heterocycles. The van der Waals surface area contributed by atoms with Crippen LogP contribution >= 0.6 is 11.6 Å². The molecule has 0 aliphatic heterocycles.